The normalized spacial score (nSPS) is 25.7. The number of rotatable bonds is 12. The van der Waals surface area contributed by atoms with Gasteiger partial charge in [-0.2, -0.15) is 0 Å². The molecular weight excluding hydrogens is 372 g/mol. The molecule has 0 aromatic heterocycles. The van der Waals surface area contributed by atoms with Crippen molar-refractivity contribution < 1.29 is 15.3 Å². The van der Waals surface area contributed by atoms with Crippen molar-refractivity contribution in [3.05, 3.63) is 59.7 Å². The quantitative estimate of drug-likeness (QED) is 0.318. The summed E-state index contributed by atoms with van der Waals surface area (Å²) in [6.07, 6.45) is 14.1. The van der Waals surface area contributed by atoms with Gasteiger partial charge in [-0.15, -0.1) is 0 Å². The Kier molecular flexibility index (Phi) is 10.8. The standard InChI is InChI=1S/C27H42O3/c1-20(2)10-7-5-4-6-8-13-24-25(27(30)19-26(24)29)17-16-23(28)15-14-22-12-9-11-21(3)18-22/h6,8-9,11-12,16-18,20,23-30H,4-5,7,10,13-15,19H2,1-3H3/b8-6-,17-16+/t23-,24?,25+,26-,27+/m0/s1. The fraction of sp³-hybridized carbons (Fsp3) is 0.630. The summed E-state index contributed by atoms with van der Waals surface area (Å²) in [4.78, 5) is 0. The molecule has 30 heavy (non-hydrogen) atoms. The molecule has 1 aliphatic rings. The molecule has 1 saturated carbocycles. The second kappa shape index (κ2) is 13.1. The van der Waals surface area contributed by atoms with E-state index < -0.39 is 18.3 Å². The van der Waals surface area contributed by atoms with Crippen LogP contribution in [0.4, 0.5) is 0 Å². The third-order valence-corrected chi connectivity index (χ3v) is 6.26. The van der Waals surface area contributed by atoms with Crippen LogP contribution in [0.5, 0.6) is 0 Å². The smallest absolute Gasteiger partial charge is 0.0724 e. The molecule has 3 N–H and O–H groups in total. The Labute approximate surface area is 183 Å². The van der Waals surface area contributed by atoms with Crippen LogP contribution < -0.4 is 0 Å². The molecule has 0 aliphatic heterocycles. The molecule has 0 spiro atoms. The average molecular weight is 415 g/mol. The topological polar surface area (TPSA) is 60.7 Å². The lowest BCUT2D eigenvalue weighted by Crippen LogP contribution is -2.20. The van der Waals surface area contributed by atoms with E-state index in [1.807, 2.05) is 18.2 Å². The Morgan fingerprint density at radius 3 is 2.60 bits per heavy atom. The van der Waals surface area contributed by atoms with Crippen LogP contribution in [0.15, 0.2) is 48.6 Å². The van der Waals surface area contributed by atoms with Gasteiger partial charge < -0.3 is 15.3 Å². The first-order chi connectivity index (χ1) is 14.4. The lowest BCUT2D eigenvalue weighted by atomic mass is 9.89. The molecule has 3 nitrogen and oxygen atoms in total. The monoisotopic (exact) mass is 414 g/mol. The van der Waals surface area contributed by atoms with Crippen molar-refractivity contribution >= 4 is 0 Å². The molecule has 1 unspecified atom stereocenters. The van der Waals surface area contributed by atoms with E-state index in [-0.39, 0.29) is 11.8 Å². The van der Waals surface area contributed by atoms with Crippen LogP contribution in [0.3, 0.4) is 0 Å². The summed E-state index contributed by atoms with van der Waals surface area (Å²) in [5.74, 6) is 0.690. The number of aliphatic hydroxyl groups is 3. The van der Waals surface area contributed by atoms with Crippen LogP contribution in [0.2, 0.25) is 0 Å². The van der Waals surface area contributed by atoms with Gasteiger partial charge >= 0.3 is 0 Å². The van der Waals surface area contributed by atoms with Gasteiger partial charge in [0.15, 0.2) is 0 Å². The fourth-order valence-electron chi connectivity index (χ4n) is 4.43. The molecular formula is C27H42O3. The Morgan fingerprint density at radius 1 is 1.07 bits per heavy atom. The molecule has 1 fully saturated rings. The summed E-state index contributed by atoms with van der Waals surface area (Å²) < 4.78 is 0. The van der Waals surface area contributed by atoms with Crippen molar-refractivity contribution in [1.29, 1.82) is 0 Å². The number of aliphatic hydroxyl groups excluding tert-OH is 3. The van der Waals surface area contributed by atoms with Gasteiger partial charge in [-0.1, -0.05) is 80.8 Å². The highest BCUT2D eigenvalue weighted by Crippen LogP contribution is 2.36. The van der Waals surface area contributed by atoms with E-state index in [4.69, 9.17) is 0 Å². The molecule has 3 heteroatoms. The number of hydrogen-bond donors (Lipinski definition) is 3. The van der Waals surface area contributed by atoms with Gasteiger partial charge in [0.25, 0.3) is 0 Å². The van der Waals surface area contributed by atoms with Crippen LogP contribution >= 0.6 is 0 Å². The van der Waals surface area contributed by atoms with E-state index in [1.165, 1.54) is 30.4 Å². The van der Waals surface area contributed by atoms with Crippen LogP contribution in [0.25, 0.3) is 0 Å². The largest absolute Gasteiger partial charge is 0.393 e. The molecule has 5 atom stereocenters. The lowest BCUT2D eigenvalue weighted by molar-refractivity contribution is 0.120. The number of aryl methyl sites for hydroxylation is 2. The summed E-state index contributed by atoms with van der Waals surface area (Å²) >= 11 is 0. The Hall–Kier alpha value is -1.42. The maximum Gasteiger partial charge on any atom is 0.0724 e. The zero-order chi connectivity index (χ0) is 21.9. The van der Waals surface area contributed by atoms with E-state index in [0.717, 1.165) is 25.2 Å². The molecule has 168 valence electrons. The second-order valence-corrected chi connectivity index (χ2v) is 9.48. The maximum absolute atomic E-state index is 10.4. The molecule has 0 radical (unpaired) electrons. The van der Waals surface area contributed by atoms with Crippen molar-refractivity contribution in [3.8, 4) is 0 Å². The molecule has 1 aliphatic carbocycles. The molecule has 1 aromatic carbocycles. The van der Waals surface area contributed by atoms with E-state index in [1.54, 1.807) is 0 Å². The maximum atomic E-state index is 10.4. The first kappa shape index (κ1) is 24.8. The lowest BCUT2D eigenvalue weighted by Gasteiger charge is -2.19. The number of benzene rings is 1. The SMILES string of the molecule is Cc1cccc(CC[C@H](O)/C=C/[C@@H]2C(C/C=C\CCCCC(C)C)[C@@H](O)C[C@H]2O)c1. The minimum Gasteiger partial charge on any atom is -0.393 e. The highest BCUT2D eigenvalue weighted by Gasteiger charge is 2.39. The van der Waals surface area contributed by atoms with Gasteiger partial charge in [-0.3, -0.25) is 0 Å². The van der Waals surface area contributed by atoms with Crippen molar-refractivity contribution in [2.45, 2.75) is 90.4 Å². The molecule has 2 rings (SSSR count). The zero-order valence-electron chi connectivity index (χ0n) is 19.1. The van der Waals surface area contributed by atoms with Gasteiger partial charge in [-0.05, 0) is 56.4 Å². The Balaban J connectivity index is 1.79. The van der Waals surface area contributed by atoms with Crippen LogP contribution in [-0.2, 0) is 6.42 Å². The molecule has 0 amide bonds. The molecule has 0 bridgehead atoms. The van der Waals surface area contributed by atoms with Crippen LogP contribution in [-0.4, -0.2) is 33.6 Å². The minimum absolute atomic E-state index is 0.0205. The summed E-state index contributed by atoms with van der Waals surface area (Å²) in [6, 6.07) is 8.36. The average Bonchev–Trinajstić information content (AvgIpc) is 2.96. The highest BCUT2D eigenvalue weighted by molar-refractivity contribution is 5.22. The summed E-state index contributed by atoms with van der Waals surface area (Å²) in [6.45, 7) is 6.60. The predicted octanol–water partition coefficient (Wildman–Crippen LogP) is 5.37. The van der Waals surface area contributed by atoms with E-state index >= 15 is 0 Å². The molecule has 1 aromatic rings. The van der Waals surface area contributed by atoms with Gasteiger partial charge in [0.1, 0.15) is 0 Å². The van der Waals surface area contributed by atoms with E-state index in [2.05, 4.69) is 51.1 Å². The third-order valence-electron chi connectivity index (χ3n) is 6.26. The first-order valence-corrected chi connectivity index (χ1v) is 11.8. The van der Waals surface area contributed by atoms with Gasteiger partial charge in [-0.25, -0.2) is 0 Å². The minimum atomic E-state index is -0.537. The Morgan fingerprint density at radius 2 is 1.87 bits per heavy atom. The first-order valence-electron chi connectivity index (χ1n) is 11.8. The zero-order valence-corrected chi connectivity index (χ0v) is 19.1. The van der Waals surface area contributed by atoms with Crippen molar-refractivity contribution in [1.82, 2.24) is 0 Å². The fourth-order valence-corrected chi connectivity index (χ4v) is 4.43. The predicted molar refractivity (Wildman–Crippen MR) is 125 cm³/mol. The van der Waals surface area contributed by atoms with E-state index in [9.17, 15) is 15.3 Å². The van der Waals surface area contributed by atoms with Gasteiger partial charge in [0, 0.05) is 12.3 Å². The van der Waals surface area contributed by atoms with E-state index in [0.29, 0.717) is 12.8 Å². The number of unbranched alkanes of at least 4 members (excludes halogenated alkanes) is 2. The van der Waals surface area contributed by atoms with Gasteiger partial charge in [0.05, 0.1) is 18.3 Å². The van der Waals surface area contributed by atoms with Crippen LogP contribution in [0.1, 0.15) is 69.9 Å². The van der Waals surface area contributed by atoms with Gasteiger partial charge in [0.2, 0.25) is 0 Å². The summed E-state index contributed by atoms with van der Waals surface area (Å²) in [5.41, 5.74) is 2.46. The van der Waals surface area contributed by atoms with Crippen molar-refractivity contribution in [2.24, 2.45) is 17.8 Å². The Bertz CT molecular complexity index is 664. The highest BCUT2D eigenvalue weighted by atomic mass is 16.3. The van der Waals surface area contributed by atoms with Crippen molar-refractivity contribution in [2.75, 3.05) is 0 Å². The number of allylic oxidation sites excluding steroid dienone is 2. The van der Waals surface area contributed by atoms with Crippen LogP contribution in [0, 0.1) is 24.7 Å². The molecule has 0 heterocycles. The summed E-state index contributed by atoms with van der Waals surface area (Å²) in [5, 5.41) is 31.1. The number of hydrogen-bond acceptors (Lipinski definition) is 3. The molecule has 0 saturated heterocycles. The van der Waals surface area contributed by atoms with Crippen molar-refractivity contribution in [3.63, 3.8) is 0 Å². The summed E-state index contributed by atoms with van der Waals surface area (Å²) in [7, 11) is 0. The second-order valence-electron chi connectivity index (χ2n) is 9.48. The third kappa shape index (κ3) is 8.75.